The minimum Gasteiger partial charge on any atom is -0.493 e. The highest BCUT2D eigenvalue weighted by molar-refractivity contribution is 5.89. The number of cyclic esters (lactones) is 1. The van der Waals surface area contributed by atoms with Crippen LogP contribution in [0.4, 0.5) is 16.6 Å². The third-order valence-corrected chi connectivity index (χ3v) is 5.79. The second kappa shape index (κ2) is 9.48. The molecule has 33 heavy (non-hydrogen) atoms. The molecule has 2 amide bonds. The van der Waals surface area contributed by atoms with E-state index in [1.165, 1.54) is 11.0 Å². The zero-order chi connectivity index (χ0) is 23.5. The van der Waals surface area contributed by atoms with Crippen molar-refractivity contribution in [2.75, 3.05) is 29.9 Å². The van der Waals surface area contributed by atoms with Crippen molar-refractivity contribution in [3.05, 3.63) is 54.2 Å². The SMILES string of the molecule is C=CC(=O)N1CC(COc2ccc(C(C)Nc3ncc4c(n3)N(C(C)C)C(=O)OC4)cc2)C1. The fraction of sp³-hybridized carbons (Fsp3) is 0.417. The summed E-state index contributed by atoms with van der Waals surface area (Å²) in [4.78, 5) is 35.9. The second-order valence-electron chi connectivity index (χ2n) is 8.62. The van der Waals surface area contributed by atoms with E-state index in [1.54, 1.807) is 11.1 Å². The van der Waals surface area contributed by atoms with Crippen molar-refractivity contribution in [1.82, 2.24) is 14.9 Å². The zero-order valence-corrected chi connectivity index (χ0v) is 19.2. The predicted octanol–water partition coefficient (Wildman–Crippen LogP) is 3.54. The number of nitrogens with zero attached hydrogens (tertiary/aromatic N) is 4. The van der Waals surface area contributed by atoms with Crippen LogP contribution in [-0.4, -0.2) is 52.6 Å². The topological polar surface area (TPSA) is 96.9 Å². The van der Waals surface area contributed by atoms with Crippen LogP contribution in [0.3, 0.4) is 0 Å². The van der Waals surface area contributed by atoms with Crippen LogP contribution >= 0.6 is 0 Å². The molecule has 1 aromatic heterocycles. The lowest BCUT2D eigenvalue weighted by Crippen LogP contribution is -2.51. The Morgan fingerprint density at radius 3 is 2.70 bits per heavy atom. The van der Waals surface area contributed by atoms with Gasteiger partial charge in [-0.05, 0) is 44.5 Å². The van der Waals surface area contributed by atoms with E-state index in [1.807, 2.05) is 45.0 Å². The van der Waals surface area contributed by atoms with E-state index in [4.69, 9.17) is 9.47 Å². The molecule has 9 heteroatoms. The molecule has 3 heterocycles. The van der Waals surface area contributed by atoms with Gasteiger partial charge in [0.15, 0.2) is 0 Å². The van der Waals surface area contributed by atoms with Crippen molar-refractivity contribution in [3.63, 3.8) is 0 Å². The third-order valence-electron chi connectivity index (χ3n) is 5.79. The monoisotopic (exact) mass is 451 g/mol. The zero-order valence-electron chi connectivity index (χ0n) is 19.2. The maximum atomic E-state index is 12.2. The van der Waals surface area contributed by atoms with Gasteiger partial charge in [-0.25, -0.2) is 9.78 Å². The molecule has 2 aliphatic rings. The predicted molar refractivity (Wildman–Crippen MR) is 124 cm³/mol. The summed E-state index contributed by atoms with van der Waals surface area (Å²) in [5.41, 5.74) is 1.83. The van der Waals surface area contributed by atoms with Crippen LogP contribution in [0.5, 0.6) is 5.75 Å². The fourth-order valence-corrected chi connectivity index (χ4v) is 3.86. The summed E-state index contributed by atoms with van der Waals surface area (Å²) in [7, 11) is 0. The molecule has 0 aliphatic carbocycles. The summed E-state index contributed by atoms with van der Waals surface area (Å²) in [5.74, 6) is 2.13. The summed E-state index contributed by atoms with van der Waals surface area (Å²) < 4.78 is 11.1. The van der Waals surface area contributed by atoms with Crippen molar-refractivity contribution in [2.24, 2.45) is 5.92 Å². The van der Waals surface area contributed by atoms with Crippen molar-refractivity contribution >= 4 is 23.8 Å². The summed E-state index contributed by atoms with van der Waals surface area (Å²) >= 11 is 0. The van der Waals surface area contributed by atoms with E-state index in [0.717, 1.165) is 16.9 Å². The summed E-state index contributed by atoms with van der Waals surface area (Å²) in [6, 6.07) is 7.74. The first-order valence-corrected chi connectivity index (χ1v) is 11.1. The van der Waals surface area contributed by atoms with Gasteiger partial charge >= 0.3 is 6.09 Å². The number of anilines is 2. The van der Waals surface area contributed by atoms with Crippen molar-refractivity contribution < 1.29 is 19.1 Å². The Hall–Kier alpha value is -3.62. The molecule has 1 unspecified atom stereocenters. The Kier molecular flexibility index (Phi) is 6.48. The lowest BCUT2D eigenvalue weighted by atomic mass is 10.0. The minimum absolute atomic E-state index is 0.0307. The quantitative estimate of drug-likeness (QED) is 0.613. The van der Waals surface area contributed by atoms with E-state index in [2.05, 4.69) is 21.9 Å². The molecule has 2 aromatic rings. The van der Waals surface area contributed by atoms with Crippen molar-refractivity contribution in [3.8, 4) is 5.75 Å². The van der Waals surface area contributed by atoms with Crippen LogP contribution in [0, 0.1) is 5.92 Å². The van der Waals surface area contributed by atoms with Gasteiger partial charge in [-0.1, -0.05) is 18.7 Å². The highest BCUT2D eigenvalue weighted by Gasteiger charge is 2.31. The number of ether oxygens (including phenoxy) is 2. The lowest BCUT2D eigenvalue weighted by Gasteiger charge is -2.38. The molecule has 174 valence electrons. The number of rotatable bonds is 8. The molecule has 1 aromatic carbocycles. The van der Waals surface area contributed by atoms with E-state index in [9.17, 15) is 9.59 Å². The van der Waals surface area contributed by atoms with Gasteiger partial charge < -0.3 is 19.7 Å². The van der Waals surface area contributed by atoms with Crippen LogP contribution in [0.2, 0.25) is 0 Å². The molecule has 0 saturated carbocycles. The van der Waals surface area contributed by atoms with Gasteiger partial charge in [-0.15, -0.1) is 0 Å². The Morgan fingerprint density at radius 1 is 1.30 bits per heavy atom. The molecule has 9 nitrogen and oxygen atoms in total. The minimum atomic E-state index is -0.396. The molecule has 2 aliphatic heterocycles. The van der Waals surface area contributed by atoms with Gasteiger partial charge in [-0.3, -0.25) is 9.69 Å². The fourth-order valence-electron chi connectivity index (χ4n) is 3.86. The third kappa shape index (κ3) is 4.92. The maximum absolute atomic E-state index is 12.2. The lowest BCUT2D eigenvalue weighted by molar-refractivity contribution is -0.132. The number of aromatic nitrogens is 2. The Bertz CT molecular complexity index is 1030. The molecule has 0 spiro atoms. The number of amides is 2. The number of hydrogen-bond donors (Lipinski definition) is 1. The summed E-state index contributed by atoms with van der Waals surface area (Å²) in [5, 5.41) is 3.30. The largest absolute Gasteiger partial charge is 0.493 e. The molecular formula is C24H29N5O4. The highest BCUT2D eigenvalue weighted by Crippen LogP contribution is 2.28. The molecule has 1 N–H and O–H groups in total. The standard InChI is InChI=1S/C24H29N5O4/c1-5-21(30)28-11-17(12-28)13-32-20-8-6-18(7-9-20)16(4)26-23-25-10-19-14-33-24(31)29(15(2)3)22(19)27-23/h5-10,15-17H,1,11-14H2,2-4H3,(H,25,26,27). The molecule has 0 radical (unpaired) electrons. The number of carbonyl (C=O) groups excluding carboxylic acids is 2. The van der Waals surface area contributed by atoms with Crippen molar-refractivity contribution in [2.45, 2.75) is 39.5 Å². The molecule has 4 rings (SSSR count). The van der Waals surface area contributed by atoms with Gasteiger partial charge in [-0.2, -0.15) is 4.98 Å². The average Bonchev–Trinajstić information content (AvgIpc) is 2.77. The number of hydrogen-bond acceptors (Lipinski definition) is 7. The average molecular weight is 452 g/mol. The van der Waals surface area contributed by atoms with Gasteiger partial charge in [0.25, 0.3) is 0 Å². The number of nitrogens with one attached hydrogen (secondary N) is 1. The maximum Gasteiger partial charge on any atom is 0.416 e. The van der Waals surface area contributed by atoms with E-state index >= 15 is 0 Å². The molecule has 0 bridgehead atoms. The summed E-state index contributed by atoms with van der Waals surface area (Å²) in [6.07, 6.45) is 2.64. The van der Waals surface area contributed by atoms with E-state index in [0.29, 0.717) is 37.4 Å². The van der Waals surface area contributed by atoms with Gasteiger partial charge in [0.2, 0.25) is 11.9 Å². The molecule has 1 fully saturated rings. The van der Waals surface area contributed by atoms with Crippen LogP contribution < -0.4 is 15.0 Å². The van der Waals surface area contributed by atoms with Crippen LogP contribution in [0.25, 0.3) is 0 Å². The number of carbonyl (C=O) groups is 2. The first kappa shape index (κ1) is 22.6. The molecule has 1 saturated heterocycles. The number of likely N-dealkylation sites (tertiary alicyclic amines) is 1. The normalized spacial score (nSPS) is 16.5. The van der Waals surface area contributed by atoms with E-state index in [-0.39, 0.29) is 24.6 Å². The Balaban J connectivity index is 1.34. The molecular weight excluding hydrogens is 422 g/mol. The first-order chi connectivity index (χ1) is 15.9. The van der Waals surface area contributed by atoms with E-state index < -0.39 is 6.09 Å². The number of benzene rings is 1. The Morgan fingerprint density at radius 2 is 2.03 bits per heavy atom. The number of fused-ring (bicyclic) bond motifs is 1. The van der Waals surface area contributed by atoms with Crippen molar-refractivity contribution in [1.29, 1.82) is 0 Å². The van der Waals surface area contributed by atoms with Crippen LogP contribution in [-0.2, 0) is 16.1 Å². The highest BCUT2D eigenvalue weighted by atomic mass is 16.6. The van der Waals surface area contributed by atoms with Crippen LogP contribution in [0.1, 0.15) is 37.9 Å². The van der Waals surface area contributed by atoms with Gasteiger partial charge in [0.05, 0.1) is 18.2 Å². The summed E-state index contributed by atoms with van der Waals surface area (Å²) in [6.45, 7) is 11.5. The first-order valence-electron chi connectivity index (χ1n) is 11.1. The smallest absolute Gasteiger partial charge is 0.416 e. The van der Waals surface area contributed by atoms with Crippen LogP contribution in [0.15, 0.2) is 43.1 Å². The second-order valence-corrected chi connectivity index (χ2v) is 8.62. The molecule has 1 atom stereocenters. The van der Waals surface area contributed by atoms with Gasteiger partial charge in [0.1, 0.15) is 18.2 Å². The van der Waals surface area contributed by atoms with Gasteiger partial charge in [0, 0.05) is 31.2 Å². The Labute approximate surface area is 193 Å².